The van der Waals surface area contributed by atoms with Crippen molar-refractivity contribution in [3.05, 3.63) is 58.6 Å². The molecule has 1 aliphatic heterocycles. The Balaban J connectivity index is 1.73. The molecule has 5 nitrogen and oxygen atoms in total. The second-order valence-corrected chi connectivity index (χ2v) is 7.61. The van der Waals surface area contributed by atoms with Crippen LogP contribution in [-0.4, -0.2) is 59.0 Å². The predicted molar refractivity (Wildman–Crippen MR) is 116 cm³/mol. The van der Waals surface area contributed by atoms with E-state index in [1.54, 1.807) is 7.11 Å². The highest BCUT2D eigenvalue weighted by Crippen LogP contribution is 2.27. The standard InChI is InChI=1S/C22H30ClN3O2/c1-25(2)21-6-4-5-20(23)19(21)15-24-16-22(26-11-13-28-14-12-26)17-7-9-18(27-3)10-8-17/h4-10,22,24H,11-16H2,1-3H3/t22-/m1/s1. The molecule has 2 aromatic carbocycles. The number of hydrogen-bond acceptors (Lipinski definition) is 5. The average Bonchev–Trinajstić information content (AvgIpc) is 2.73. The quantitative estimate of drug-likeness (QED) is 0.729. The Labute approximate surface area is 173 Å². The summed E-state index contributed by atoms with van der Waals surface area (Å²) >= 11 is 6.48. The topological polar surface area (TPSA) is 37.0 Å². The number of morpholine rings is 1. The van der Waals surface area contributed by atoms with E-state index in [0.717, 1.165) is 61.4 Å². The van der Waals surface area contributed by atoms with Crippen LogP contribution in [0.3, 0.4) is 0 Å². The Kier molecular flexibility index (Phi) is 7.57. The Morgan fingerprint density at radius 2 is 1.86 bits per heavy atom. The van der Waals surface area contributed by atoms with Crippen molar-refractivity contribution in [1.29, 1.82) is 0 Å². The van der Waals surface area contributed by atoms with Crippen LogP contribution >= 0.6 is 11.6 Å². The zero-order valence-electron chi connectivity index (χ0n) is 17.0. The molecular formula is C22H30ClN3O2. The Hall–Kier alpha value is -1.79. The van der Waals surface area contributed by atoms with Crippen molar-refractivity contribution < 1.29 is 9.47 Å². The highest BCUT2D eigenvalue weighted by molar-refractivity contribution is 6.31. The van der Waals surface area contributed by atoms with Gasteiger partial charge in [0.05, 0.1) is 20.3 Å². The van der Waals surface area contributed by atoms with Crippen molar-refractivity contribution in [3.8, 4) is 5.75 Å². The molecule has 0 radical (unpaired) electrons. The highest BCUT2D eigenvalue weighted by atomic mass is 35.5. The Bertz CT molecular complexity index is 746. The highest BCUT2D eigenvalue weighted by Gasteiger charge is 2.22. The van der Waals surface area contributed by atoms with Crippen molar-refractivity contribution >= 4 is 17.3 Å². The summed E-state index contributed by atoms with van der Waals surface area (Å²) in [6.07, 6.45) is 0. The molecule has 0 saturated carbocycles. The van der Waals surface area contributed by atoms with Gasteiger partial charge in [0.25, 0.3) is 0 Å². The summed E-state index contributed by atoms with van der Waals surface area (Å²) in [5.41, 5.74) is 3.55. The molecule has 0 spiro atoms. The van der Waals surface area contributed by atoms with Crippen LogP contribution in [0.15, 0.2) is 42.5 Å². The monoisotopic (exact) mass is 403 g/mol. The van der Waals surface area contributed by atoms with Crippen LogP contribution < -0.4 is 15.0 Å². The van der Waals surface area contributed by atoms with E-state index in [9.17, 15) is 0 Å². The van der Waals surface area contributed by atoms with Gasteiger partial charge in [-0.3, -0.25) is 4.90 Å². The first-order chi connectivity index (χ1) is 13.6. The van der Waals surface area contributed by atoms with Crippen LogP contribution in [0.4, 0.5) is 5.69 Å². The van der Waals surface area contributed by atoms with Gasteiger partial charge in [-0.05, 0) is 29.8 Å². The number of rotatable bonds is 8. The third kappa shape index (κ3) is 5.17. The van der Waals surface area contributed by atoms with Crippen molar-refractivity contribution in [3.63, 3.8) is 0 Å². The summed E-state index contributed by atoms with van der Waals surface area (Å²) in [5.74, 6) is 0.879. The Morgan fingerprint density at radius 1 is 1.14 bits per heavy atom. The van der Waals surface area contributed by atoms with Crippen molar-refractivity contribution in [2.24, 2.45) is 0 Å². The molecule has 6 heteroatoms. The molecule has 0 bridgehead atoms. The van der Waals surface area contributed by atoms with Crippen LogP contribution in [-0.2, 0) is 11.3 Å². The van der Waals surface area contributed by atoms with Gasteiger partial charge in [-0.1, -0.05) is 29.8 Å². The lowest BCUT2D eigenvalue weighted by Gasteiger charge is -2.35. The van der Waals surface area contributed by atoms with Gasteiger partial charge in [0.1, 0.15) is 5.75 Å². The SMILES string of the molecule is COc1ccc([C@@H](CNCc2c(Cl)cccc2N(C)C)N2CCOCC2)cc1. The van der Waals surface area contributed by atoms with Gasteiger partial charge >= 0.3 is 0 Å². The number of nitrogens with one attached hydrogen (secondary N) is 1. The zero-order valence-corrected chi connectivity index (χ0v) is 17.7. The maximum Gasteiger partial charge on any atom is 0.118 e. The number of anilines is 1. The first-order valence-corrected chi connectivity index (χ1v) is 10.1. The number of halogens is 1. The average molecular weight is 404 g/mol. The summed E-state index contributed by atoms with van der Waals surface area (Å²) in [4.78, 5) is 4.59. The minimum Gasteiger partial charge on any atom is -0.497 e. The van der Waals surface area contributed by atoms with Gasteiger partial charge in [0, 0.05) is 62.6 Å². The summed E-state index contributed by atoms with van der Waals surface area (Å²) in [5, 5.41) is 4.43. The summed E-state index contributed by atoms with van der Waals surface area (Å²) in [7, 11) is 5.79. The van der Waals surface area contributed by atoms with Crippen LogP contribution in [0, 0.1) is 0 Å². The minimum absolute atomic E-state index is 0.278. The fourth-order valence-electron chi connectivity index (χ4n) is 3.65. The van der Waals surface area contributed by atoms with E-state index in [4.69, 9.17) is 21.1 Å². The third-order valence-corrected chi connectivity index (χ3v) is 5.56. The molecule has 3 rings (SSSR count). The van der Waals surface area contributed by atoms with E-state index < -0.39 is 0 Å². The van der Waals surface area contributed by atoms with Gasteiger partial charge < -0.3 is 19.7 Å². The summed E-state index contributed by atoms with van der Waals surface area (Å²) < 4.78 is 10.9. The van der Waals surface area contributed by atoms with Crippen molar-refractivity contribution in [2.75, 3.05) is 59.0 Å². The molecular weight excluding hydrogens is 374 g/mol. The molecule has 1 atom stereocenters. The van der Waals surface area contributed by atoms with E-state index in [-0.39, 0.29) is 6.04 Å². The number of nitrogens with zero attached hydrogens (tertiary/aromatic N) is 2. The van der Waals surface area contributed by atoms with Gasteiger partial charge in [0.15, 0.2) is 0 Å². The second kappa shape index (κ2) is 10.1. The van der Waals surface area contributed by atoms with Crippen molar-refractivity contribution in [2.45, 2.75) is 12.6 Å². The van der Waals surface area contributed by atoms with Crippen LogP contribution in [0.5, 0.6) is 5.75 Å². The lowest BCUT2D eigenvalue weighted by atomic mass is 10.0. The fourth-order valence-corrected chi connectivity index (χ4v) is 3.88. The maximum atomic E-state index is 6.48. The normalized spacial score (nSPS) is 16.0. The van der Waals surface area contributed by atoms with Gasteiger partial charge in [-0.2, -0.15) is 0 Å². The summed E-state index contributed by atoms with van der Waals surface area (Å²) in [6.45, 7) is 5.00. The first-order valence-electron chi connectivity index (χ1n) is 9.71. The van der Waals surface area contributed by atoms with E-state index in [0.29, 0.717) is 0 Å². The lowest BCUT2D eigenvalue weighted by molar-refractivity contribution is 0.0161. The molecule has 0 unspecified atom stereocenters. The molecule has 0 amide bonds. The second-order valence-electron chi connectivity index (χ2n) is 7.20. The molecule has 1 fully saturated rings. The molecule has 1 saturated heterocycles. The predicted octanol–water partition coefficient (Wildman–Crippen LogP) is 3.58. The number of ether oxygens (including phenoxy) is 2. The van der Waals surface area contributed by atoms with Gasteiger partial charge in [-0.15, -0.1) is 0 Å². The smallest absolute Gasteiger partial charge is 0.118 e. The molecule has 0 aromatic heterocycles. The molecule has 1 N–H and O–H groups in total. The van der Waals surface area contributed by atoms with Gasteiger partial charge in [0.2, 0.25) is 0 Å². The number of methoxy groups -OCH3 is 1. The van der Waals surface area contributed by atoms with E-state index in [1.165, 1.54) is 5.56 Å². The fraction of sp³-hybridized carbons (Fsp3) is 0.455. The summed E-state index contributed by atoms with van der Waals surface area (Å²) in [6, 6.07) is 14.7. The largest absolute Gasteiger partial charge is 0.497 e. The first kappa shape index (κ1) is 20.9. The van der Waals surface area contributed by atoms with Crippen LogP contribution in [0.1, 0.15) is 17.2 Å². The molecule has 2 aromatic rings. The molecule has 0 aliphatic carbocycles. The molecule has 1 heterocycles. The third-order valence-electron chi connectivity index (χ3n) is 5.20. The number of benzene rings is 2. The molecule has 152 valence electrons. The van der Waals surface area contributed by atoms with Crippen LogP contribution in [0.2, 0.25) is 5.02 Å². The van der Waals surface area contributed by atoms with Gasteiger partial charge in [-0.25, -0.2) is 0 Å². The van der Waals surface area contributed by atoms with Crippen molar-refractivity contribution in [1.82, 2.24) is 10.2 Å². The number of hydrogen-bond donors (Lipinski definition) is 1. The Morgan fingerprint density at radius 3 is 2.50 bits per heavy atom. The lowest BCUT2D eigenvalue weighted by Crippen LogP contribution is -2.42. The van der Waals surface area contributed by atoms with E-state index in [1.807, 2.05) is 38.4 Å². The van der Waals surface area contributed by atoms with E-state index in [2.05, 4.69) is 33.3 Å². The zero-order chi connectivity index (χ0) is 19.9. The van der Waals surface area contributed by atoms with Crippen LogP contribution in [0.25, 0.3) is 0 Å². The molecule has 28 heavy (non-hydrogen) atoms. The minimum atomic E-state index is 0.278. The van der Waals surface area contributed by atoms with E-state index >= 15 is 0 Å². The maximum absolute atomic E-state index is 6.48. The molecule has 1 aliphatic rings.